The van der Waals surface area contributed by atoms with E-state index in [1.165, 1.54) is 6.42 Å². The Morgan fingerprint density at radius 1 is 1.25 bits per heavy atom. The van der Waals surface area contributed by atoms with Crippen LogP contribution in [0.4, 0.5) is 0 Å². The molecule has 2 aliphatic heterocycles. The van der Waals surface area contributed by atoms with Gasteiger partial charge in [-0.3, -0.25) is 9.69 Å². The summed E-state index contributed by atoms with van der Waals surface area (Å²) in [6.45, 7) is 3.77. The van der Waals surface area contributed by atoms with Crippen molar-refractivity contribution < 1.29 is 19.4 Å². The Morgan fingerprint density at radius 3 is 2.86 bits per heavy atom. The first kappa shape index (κ1) is 18.6. The lowest BCUT2D eigenvalue weighted by atomic mass is 10.0. The number of fused-ring (bicyclic) bond motifs is 1. The van der Waals surface area contributed by atoms with Gasteiger partial charge in [-0.1, -0.05) is 24.6 Å². The minimum atomic E-state index is -0.172. The Balaban J connectivity index is 1.68. The number of aromatic hydroxyl groups is 1. The molecule has 5 nitrogen and oxygen atoms in total. The van der Waals surface area contributed by atoms with Crippen LogP contribution in [0.2, 0.25) is 0 Å². The number of carbonyl (C=O) groups is 1. The SMILES string of the molecule is COc1ccccc1/C=C1\Oc2c(ccc(O)c2CN2CCCC[C@H]2C)C1=O. The van der Waals surface area contributed by atoms with Gasteiger partial charge in [0.2, 0.25) is 5.78 Å². The van der Waals surface area contributed by atoms with Crippen molar-refractivity contribution in [2.75, 3.05) is 13.7 Å². The molecule has 5 heteroatoms. The summed E-state index contributed by atoms with van der Waals surface area (Å²) in [5.74, 6) is 1.39. The third kappa shape index (κ3) is 3.38. The van der Waals surface area contributed by atoms with E-state index >= 15 is 0 Å². The first-order chi connectivity index (χ1) is 13.6. The number of ketones is 1. The number of Topliss-reactive ketones (excluding diaryl/α,β-unsaturated/α-hetero) is 1. The van der Waals surface area contributed by atoms with Gasteiger partial charge in [-0.05, 0) is 50.6 Å². The largest absolute Gasteiger partial charge is 0.507 e. The molecule has 0 saturated carbocycles. The molecule has 1 N–H and O–H groups in total. The normalized spacial score (nSPS) is 20.9. The van der Waals surface area contributed by atoms with Gasteiger partial charge in [0.25, 0.3) is 0 Å². The molecule has 0 spiro atoms. The zero-order valence-electron chi connectivity index (χ0n) is 16.3. The van der Waals surface area contributed by atoms with Gasteiger partial charge < -0.3 is 14.6 Å². The van der Waals surface area contributed by atoms with Crippen LogP contribution < -0.4 is 9.47 Å². The maximum Gasteiger partial charge on any atom is 0.231 e. The first-order valence-corrected chi connectivity index (χ1v) is 9.74. The predicted octanol–water partition coefficient (Wildman–Crippen LogP) is 4.39. The maximum absolute atomic E-state index is 12.9. The van der Waals surface area contributed by atoms with Crippen molar-refractivity contribution in [3.63, 3.8) is 0 Å². The summed E-state index contributed by atoms with van der Waals surface area (Å²) in [6.07, 6.45) is 5.23. The molecule has 2 aromatic carbocycles. The molecule has 0 aromatic heterocycles. The number of phenolic OH excluding ortho intramolecular Hbond substituents is 1. The number of nitrogens with zero attached hydrogens (tertiary/aromatic N) is 1. The van der Waals surface area contributed by atoms with Crippen molar-refractivity contribution in [2.45, 2.75) is 38.8 Å². The van der Waals surface area contributed by atoms with E-state index in [0.29, 0.717) is 35.2 Å². The molecule has 28 heavy (non-hydrogen) atoms. The molecule has 1 fully saturated rings. The summed E-state index contributed by atoms with van der Waals surface area (Å²) >= 11 is 0. The van der Waals surface area contributed by atoms with E-state index in [-0.39, 0.29) is 17.3 Å². The molecule has 0 amide bonds. The number of hydrogen-bond acceptors (Lipinski definition) is 5. The Hall–Kier alpha value is -2.79. The van der Waals surface area contributed by atoms with E-state index in [1.54, 1.807) is 25.3 Å². The molecule has 0 bridgehead atoms. The molecular formula is C23H25NO4. The lowest BCUT2D eigenvalue weighted by Gasteiger charge is -2.33. The summed E-state index contributed by atoms with van der Waals surface area (Å²) in [7, 11) is 1.60. The van der Waals surface area contributed by atoms with Gasteiger partial charge in [0.15, 0.2) is 5.76 Å². The predicted molar refractivity (Wildman–Crippen MR) is 108 cm³/mol. The average Bonchev–Trinajstić information content (AvgIpc) is 3.02. The number of piperidine rings is 1. The monoisotopic (exact) mass is 379 g/mol. The molecule has 2 aromatic rings. The van der Waals surface area contributed by atoms with Crippen LogP contribution in [0, 0.1) is 0 Å². The molecular weight excluding hydrogens is 354 g/mol. The van der Waals surface area contributed by atoms with Crippen molar-refractivity contribution in [2.24, 2.45) is 0 Å². The number of benzene rings is 2. The highest BCUT2D eigenvalue weighted by atomic mass is 16.5. The number of hydrogen-bond donors (Lipinski definition) is 1. The van der Waals surface area contributed by atoms with Gasteiger partial charge in [0, 0.05) is 18.2 Å². The number of ether oxygens (including phenoxy) is 2. The number of carbonyl (C=O) groups excluding carboxylic acids is 1. The molecule has 2 aliphatic rings. The van der Waals surface area contributed by atoms with E-state index in [2.05, 4.69) is 11.8 Å². The van der Waals surface area contributed by atoms with Crippen LogP contribution in [0.5, 0.6) is 17.2 Å². The van der Waals surface area contributed by atoms with Crippen molar-refractivity contribution in [3.8, 4) is 17.2 Å². The van der Waals surface area contributed by atoms with E-state index in [1.807, 2.05) is 24.3 Å². The molecule has 0 aliphatic carbocycles. The third-order valence-corrected chi connectivity index (χ3v) is 5.64. The minimum absolute atomic E-state index is 0.169. The molecule has 4 rings (SSSR count). The van der Waals surface area contributed by atoms with E-state index in [4.69, 9.17) is 9.47 Å². The van der Waals surface area contributed by atoms with E-state index in [9.17, 15) is 9.90 Å². The highest BCUT2D eigenvalue weighted by Gasteiger charge is 2.32. The lowest BCUT2D eigenvalue weighted by Crippen LogP contribution is -2.36. The molecule has 0 unspecified atom stereocenters. The van der Waals surface area contributed by atoms with Crippen LogP contribution in [-0.4, -0.2) is 35.5 Å². The Bertz CT molecular complexity index is 934. The van der Waals surface area contributed by atoms with E-state index in [0.717, 1.165) is 24.9 Å². The molecule has 1 atom stereocenters. The highest BCUT2D eigenvalue weighted by molar-refractivity contribution is 6.15. The fraction of sp³-hybridized carbons (Fsp3) is 0.348. The zero-order chi connectivity index (χ0) is 19.7. The lowest BCUT2D eigenvalue weighted by molar-refractivity contribution is 0.101. The van der Waals surface area contributed by atoms with Crippen molar-refractivity contribution in [1.82, 2.24) is 4.90 Å². The fourth-order valence-corrected chi connectivity index (χ4v) is 3.97. The van der Waals surface area contributed by atoms with Crippen LogP contribution in [0.15, 0.2) is 42.2 Å². The highest BCUT2D eigenvalue weighted by Crippen LogP contribution is 2.41. The number of methoxy groups -OCH3 is 1. The third-order valence-electron chi connectivity index (χ3n) is 5.64. The summed E-state index contributed by atoms with van der Waals surface area (Å²) < 4.78 is 11.3. The number of para-hydroxylation sites is 1. The number of likely N-dealkylation sites (tertiary alicyclic amines) is 1. The van der Waals surface area contributed by atoms with Crippen molar-refractivity contribution in [1.29, 1.82) is 0 Å². The average molecular weight is 379 g/mol. The summed E-state index contributed by atoms with van der Waals surface area (Å²) in [6, 6.07) is 11.2. The van der Waals surface area contributed by atoms with Crippen molar-refractivity contribution >= 4 is 11.9 Å². The maximum atomic E-state index is 12.9. The standard InChI is InChI=1S/C23H25NO4/c1-15-7-5-6-12-24(15)14-18-19(25)11-10-17-22(26)21(28-23(17)18)13-16-8-3-4-9-20(16)27-2/h3-4,8-11,13,15,25H,5-7,12,14H2,1-2H3/b21-13-/t15-/m1/s1. The topological polar surface area (TPSA) is 59.0 Å². The summed E-state index contributed by atoms with van der Waals surface area (Å²) in [5.41, 5.74) is 1.96. The second-order valence-corrected chi connectivity index (χ2v) is 7.44. The van der Waals surface area contributed by atoms with E-state index < -0.39 is 0 Å². The smallest absolute Gasteiger partial charge is 0.231 e. The molecule has 146 valence electrons. The quantitative estimate of drug-likeness (QED) is 0.799. The Labute approximate surface area is 165 Å². The molecule has 2 heterocycles. The molecule has 1 saturated heterocycles. The van der Waals surface area contributed by atoms with Gasteiger partial charge in [-0.25, -0.2) is 0 Å². The van der Waals surface area contributed by atoms with Gasteiger partial charge in [0.05, 0.1) is 18.2 Å². The number of allylic oxidation sites excluding steroid dienone is 1. The Kier molecular flexibility index (Phi) is 5.09. The Morgan fingerprint density at radius 2 is 2.07 bits per heavy atom. The zero-order valence-corrected chi connectivity index (χ0v) is 16.3. The second kappa shape index (κ2) is 7.68. The number of phenols is 1. The van der Waals surface area contributed by atoms with Gasteiger partial charge in [-0.2, -0.15) is 0 Å². The molecule has 0 radical (unpaired) electrons. The number of rotatable bonds is 4. The fourth-order valence-electron chi connectivity index (χ4n) is 3.97. The van der Waals surface area contributed by atoms with Crippen LogP contribution in [0.25, 0.3) is 6.08 Å². The van der Waals surface area contributed by atoms with Crippen LogP contribution in [0.1, 0.15) is 47.7 Å². The van der Waals surface area contributed by atoms with Crippen LogP contribution in [-0.2, 0) is 6.54 Å². The van der Waals surface area contributed by atoms with Crippen molar-refractivity contribution in [3.05, 3.63) is 58.8 Å². The first-order valence-electron chi connectivity index (χ1n) is 9.74. The van der Waals surface area contributed by atoms with Gasteiger partial charge in [-0.15, -0.1) is 0 Å². The summed E-state index contributed by atoms with van der Waals surface area (Å²) in [5, 5.41) is 10.5. The second-order valence-electron chi connectivity index (χ2n) is 7.44. The van der Waals surface area contributed by atoms with Gasteiger partial charge in [0.1, 0.15) is 17.2 Å². The minimum Gasteiger partial charge on any atom is -0.507 e. The van der Waals surface area contributed by atoms with Crippen LogP contribution >= 0.6 is 0 Å². The van der Waals surface area contributed by atoms with Gasteiger partial charge >= 0.3 is 0 Å². The van der Waals surface area contributed by atoms with Crippen LogP contribution in [0.3, 0.4) is 0 Å². The summed E-state index contributed by atoms with van der Waals surface area (Å²) in [4.78, 5) is 15.2.